The van der Waals surface area contributed by atoms with E-state index in [0.29, 0.717) is 17.5 Å². The second-order valence-corrected chi connectivity index (χ2v) is 3.96. The van der Waals surface area contributed by atoms with Gasteiger partial charge < -0.3 is 14.4 Å². The molecule has 90 valence electrons. The van der Waals surface area contributed by atoms with Crippen LogP contribution in [0.2, 0.25) is 0 Å². The maximum Gasteiger partial charge on any atom is 0.229 e. The molecule has 1 heterocycles. The summed E-state index contributed by atoms with van der Waals surface area (Å²) >= 11 is 0. The minimum atomic E-state index is 0.0973. The molecule has 0 bridgehead atoms. The van der Waals surface area contributed by atoms with E-state index in [-0.39, 0.29) is 18.3 Å². The summed E-state index contributed by atoms with van der Waals surface area (Å²) < 4.78 is 10.4. The van der Waals surface area contributed by atoms with Gasteiger partial charge in [-0.05, 0) is 12.1 Å². The highest BCUT2D eigenvalue weighted by Gasteiger charge is 2.10. The fraction of sp³-hybridized carbons (Fsp3) is 0.333. The van der Waals surface area contributed by atoms with Crippen LogP contribution in [0.3, 0.4) is 0 Å². The highest BCUT2D eigenvalue weighted by molar-refractivity contribution is 5.37. The number of hydrogen-bond acceptors (Lipinski definition) is 5. The van der Waals surface area contributed by atoms with Crippen LogP contribution in [0.25, 0.3) is 0 Å². The van der Waals surface area contributed by atoms with E-state index < -0.39 is 0 Å². The monoisotopic (exact) mass is 234 g/mol. The molecule has 0 aliphatic rings. The maximum atomic E-state index is 9.49. The van der Waals surface area contributed by atoms with Gasteiger partial charge in [-0.2, -0.15) is 4.98 Å². The Labute approximate surface area is 99.0 Å². The van der Waals surface area contributed by atoms with Crippen molar-refractivity contribution in [2.24, 2.45) is 0 Å². The van der Waals surface area contributed by atoms with Crippen molar-refractivity contribution in [1.29, 1.82) is 0 Å². The van der Waals surface area contributed by atoms with Gasteiger partial charge in [-0.1, -0.05) is 31.1 Å². The van der Waals surface area contributed by atoms with Crippen molar-refractivity contribution in [3.05, 3.63) is 36.0 Å². The molecule has 1 N–H and O–H groups in total. The van der Waals surface area contributed by atoms with Crippen molar-refractivity contribution in [3.63, 3.8) is 0 Å². The Morgan fingerprint density at radius 3 is 2.76 bits per heavy atom. The lowest BCUT2D eigenvalue weighted by atomic mass is 10.2. The zero-order valence-electron chi connectivity index (χ0n) is 9.75. The third kappa shape index (κ3) is 2.75. The summed E-state index contributed by atoms with van der Waals surface area (Å²) in [4.78, 5) is 4.17. The highest BCUT2D eigenvalue weighted by Crippen LogP contribution is 2.25. The van der Waals surface area contributed by atoms with Gasteiger partial charge >= 0.3 is 0 Å². The summed E-state index contributed by atoms with van der Waals surface area (Å²) in [6, 6.07) is 6.75. The van der Waals surface area contributed by atoms with Crippen molar-refractivity contribution < 1.29 is 14.4 Å². The molecule has 5 nitrogen and oxygen atoms in total. The predicted octanol–water partition coefficient (Wildman–Crippen LogP) is 2.48. The second-order valence-electron chi connectivity index (χ2n) is 3.96. The van der Waals surface area contributed by atoms with Crippen LogP contribution in [0.5, 0.6) is 11.5 Å². The zero-order valence-corrected chi connectivity index (χ0v) is 9.75. The molecule has 0 aliphatic heterocycles. The molecule has 0 aliphatic carbocycles. The van der Waals surface area contributed by atoms with E-state index in [4.69, 9.17) is 9.26 Å². The number of phenolic OH excluding ortho intramolecular Hbond substituents is 1. The first-order valence-electron chi connectivity index (χ1n) is 5.40. The molecule has 2 aromatic rings. The SMILES string of the molecule is CC(C)c1nc(COc2ccccc2O)no1. The molecular formula is C12H14N2O3. The minimum absolute atomic E-state index is 0.0973. The Bertz CT molecular complexity index is 494. The average molecular weight is 234 g/mol. The van der Waals surface area contributed by atoms with E-state index in [2.05, 4.69) is 10.1 Å². The molecule has 0 spiro atoms. The van der Waals surface area contributed by atoms with Gasteiger partial charge in [-0.25, -0.2) is 0 Å². The van der Waals surface area contributed by atoms with Crippen LogP contribution < -0.4 is 4.74 Å². The molecule has 0 unspecified atom stereocenters. The molecular weight excluding hydrogens is 220 g/mol. The lowest BCUT2D eigenvalue weighted by Crippen LogP contribution is -1.98. The Hall–Kier alpha value is -2.04. The Kier molecular flexibility index (Phi) is 3.27. The Morgan fingerprint density at radius 1 is 1.35 bits per heavy atom. The number of aromatic nitrogens is 2. The van der Waals surface area contributed by atoms with Crippen molar-refractivity contribution in [2.75, 3.05) is 0 Å². The molecule has 0 fully saturated rings. The van der Waals surface area contributed by atoms with E-state index in [9.17, 15) is 5.11 Å². The normalized spacial score (nSPS) is 10.8. The van der Waals surface area contributed by atoms with Gasteiger partial charge in [0.2, 0.25) is 11.7 Å². The summed E-state index contributed by atoms with van der Waals surface area (Å²) in [5.41, 5.74) is 0. The standard InChI is InChI=1S/C12H14N2O3/c1-8(2)12-13-11(14-17-12)7-16-10-6-4-3-5-9(10)15/h3-6,8,15H,7H2,1-2H3. The van der Waals surface area contributed by atoms with Crippen LogP contribution in [-0.2, 0) is 6.61 Å². The third-order valence-electron chi connectivity index (χ3n) is 2.20. The summed E-state index contributed by atoms with van der Waals surface area (Å²) in [6.07, 6.45) is 0. The van der Waals surface area contributed by atoms with Gasteiger partial charge in [0.1, 0.15) is 0 Å². The number of benzene rings is 1. The molecule has 0 amide bonds. The Morgan fingerprint density at radius 2 is 2.12 bits per heavy atom. The van der Waals surface area contributed by atoms with E-state index in [1.165, 1.54) is 0 Å². The Balaban J connectivity index is 2.00. The van der Waals surface area contributed by atoms with Crippen LogP contribution in [0, 0.1) is 0 Å². The largest absolute Gasteiger partial charge is 0.504 e. The highest BCUT2D eigenvalue weighted by atomic mass is 16.5. The molecule has 17 heavy (non-hydrogen) atoms. The van der Waals surface area contributed by atoms with Crippen molar-refractivity contribution >= 4 is 0 Å². The summed E-state index contributed by atoms with van der Waals surface area (Å²) in [5.74, 6) is 1.75. The first-order chi connectivity index (χ1) is 8.16. The van der Waals surface area contributed by atoms with Crippen molar-refractivity contribution in [1.82, 2.24) is 10.1 Å². The number of rotatable bonds is 4. The fourth-order valence-corrected chi connectivity index (χ4v) is 1.28. The predicted molar refractivity (Wildman–Crippen MR) is 60.8 cm³/mol. The van der Waals surface area contributed by atoms with Crippen LogP contribution in [0.15, 0.2) is 28.8 Å². The number of hydrogen-bond donors (Lipinski definition) is 1. The third-order valence-corrected chi connectivity index (χ3v) is 2.20. The number of aromatic hydroxyl groups is 1. The molecule has 1 aromatic heterocycles. The molecule has 0 atom stereocenters. The first-order valence-corrected chi connectivity index (χ1v) is 5.40. The van der Waals surface area contributed by atoms with Crippen LogP contribution in [0.1, 0.15) is 31.5 Å². The molecule has 0 saturated heterocycles. The van der Waals surface area contributed by atoms with Gasteiger partial charge in [0.15, 0.2) is 18.1 Å². The van der Waals surface area contributed by atoms with Gasteiger partial charge in [0.05, 0.1) is 0 Å². The van der Waals surface area contributed by atoms with Crippen molar-refractivity contribution in [2.45, 2.75) is 26.4 Å². The van der Waals surface area contributed by atoms with Crippen LogP contribution in [0.4, 0.5) is 0 Å². The first kappa shape index (κ1) is 11.4. The van der Waals surface area contributed by atoms with Crippen LogP contribution in [-0.4, -0.2) is 15.2 Å². The lowest BCUT2D eigenvalue weighted by molar-refractivity contribution is 0.271. The zero-order chi connectivity index (χ0) is 12.3. The van der Waals surface area contributed by atoms with Crippen molar-refractivity contribution in [3.8, 4) is 11.5 Å². The lowest BCUT2D eigenvalue weighted by Gasteiger charge is -2.04. The minimum Gasteiger partial charge on any atom is -0.504 e. The van der Waals surface area contributed by atoms with E-state index in [1.807, 2.05) is 13.8 Å². The van der Waals surface area contributed by atoms with Crippen LogP contribution >= 0.6 is 0 Å². The molecule has 0 radical (unpaired) electrons. The number of para-hydroxylation sites is 2. The van der Waals surface area contributed by atoms with Gasteiger partial charge in [0, 0.05) is 5.92 Å². The molecule has 2 rings (SSSR count). The summed E-state index contributed by atoms with van der Waals surface area (Å²) in [6.45, 7) is 4.12. The maximum absolute atomic E-state index is 9.49. The molecule has 0 saturated carbocycles. The second kappa shape index (κ2) is 4.86. The van der Waals surface area contributed by atoms with E-state index in [1.54, 1.807) is 24.3 Å². The quantitative estimate of drug-likeness (QED) is 0.880. The molecule has 1 aromatic carbocycles. The smallest absolute Gasteiger partial charge is 0.229 e. The fourth-order valence-electron chi connectivity index (χ4n) is 1.28. The summed E-state index contributed by atoms with van der Waals surface area (Å²) in [7, 11) is 0. The van der Waals surface area contributed by atoms with Gasteiger partial charge in [-0.15, -0.1) is 0 Å². The van der Waals surface area contributed by atoms with E-state index in [0.717, 1.165) is 0 Å². The number of ether oxygens (including phenoxy) is 1. The number of nitrogens with zero attached hydrogens (tertiary/aromatic N) is 2. The van der Waals surface area contributed by atoms with E-state index >= 15 is 0 Å². The topological polar surface area (TPSA) is 68.4 Å². The van der Waals surface area contributed by atoms with Gasteiger partial charge in [0.25, 0.3) is 0 Å². The summed E-state index contributed by atoms with van der Waals surface area (Å²) in [5, 5.41) is 13.3. The number of phenols is 1. The van der Waals surface area contributed by atoms with Gasteiger partial charge in [-0.3, -0.25) is 0 Å². The molecule has 5 heteroatoms. The average Bonchev–Trinajstić information content (AvgIpc) is 2.77.